The van der Waals surface area contributed by atoms with Crippen LogP contribution in [0, 0.1) is 5.92 Å². The molecule has 0 saturated heterocycles. The summed E-state index contributed by atoms with van der Waals surface area (Å²) in [6.45, 7) is 8.61. The predicted molar refractivity (Wildman–Crippen MR) is 100 cm³/mol. The zero-order chi connectivity index (χ0) is 14.8. The van der Waals surface area contributed by atoms with Crippen molar-refractivity contribution in [2.45, 2.75) is 40.2 Å². The molecule has 0 radical (unpaired) electrons. The van der Waals surface area contributed by atoms with E-state index in [1.54, 1.807) is 0 Å². The van der Waals surface area contributed by atoms with E-state index < -0.39 is 0 Å². The Balaban J connectivity index is 0.00000400. The Bertz CT molecular complexity index is 422. The summed E-state index contributed by atoms with van der Waals surface area (Å²) in [5.41, 5.74) is 6.92. The van der Waals surface area contributed by atoms with E-state index in [1.807, 2.05) is 24.3 Å². The van der Waals surface area contributed by atoms with Gasteiger partial charge in [0.1, 0.15) is 5.75 Å². The fraction of sp³-hybridized carbons (Fsp3) is 0.562. The van der Waals surface area contributed by atoms with Gasteiger partial charge in [0.2, 0.25) is 0 Å². The molecule has 1 rings (SSSR count). The highest BCUT2D eigenvalue weighted by Gasteiger charge is 1.98. The van der Waals surface area contributed by atoms with Gasteiger partial charge in [-0.2, -0.15) is 0 Å². The van der Waals surface area contributed by atoms with Gasteiger partial charge < -0.3 is 15.8 Å². The van der Waals surface area contributed by atoms with Crippen LogP contribution in [0.25, 0.3) is 0 Å². The van der Waals surface area contributed by atoms with Gasteiger partial charge in [0.25, 0.3) is 0 Å². The van der Waals surface area contributed by atoms with Crippen LogP contribution in [0.5, 0.6) is 5.75 Å². The molecule has 21 heavy (non-hydrogen) atoms. The quantitative estimate of drug-likeness (QED) is 0.301. The summed E-state index contributed by atoms with van der Waals surface area (Å²) in [6, 6.07) is 8.02. The van der Waals surface area contributed by atoms with E-state index in [0.29, 0.717) is 18.4 Å². The fourth-order valence-corrected chi connectivity index (χ4v) is 1.61. The van der Waals surface area contributed by atoms with Gasteiger partial charge in [0.05, 0.1) is 13.2 Å². The lowest BCUT2D eigenvalue weighted by atomic mass is 10.2. The summed E-state index contributed by atoms with van der Waals surface area (Å²) in [5.74, 6) is 1.95. The topological polar surface area (TPSA) is 59.6 Å². The van der Waals surface area contributed by atoms with Crippen molar-refractivity contribution in [1.82, 2.24) is 5.32 Å². The fourth-order valence-electron chi connectivity index (χ4n) is 1.61. The standard InChI is InChI=1S/C16H27N3O.HI/c1-4-5-9-20-15-8-6-7-14(10-15)12-19-16(17)18-11-13(2)3;/h6-8,10,13H,4-5,9,11-12H2,1-3H3,(H3,17,18,19);1H. The van der Waals surface area contributed by atoms with Crippen molar-refractivity contribution in [3.63, 3.8) is 0 Å². The predicted octanol–water partition coefficient (Wildman–Crippen LogP) is 3.54. The van der Waals surface area contributed by atoms with Crippen molar-refractivity contribution in [2.75, 3.05) is 13.2 Å². The maximum atomic E-state index is 5.81. The largest absolute Gasteiger partial charge is 0.494 e. The molecule has 1 aromatic carbocycles. The van der Waals surface area contributed by atoms with Crippen molar-refractivity contribution in [2.24, 2.45) is 16.6 Å². The number of hydrogen-bond acceptors (Lipinski definition) is 2. The molecule has 0 fully saturated rings. The van der Waals surface area contributed by atoms with Crippen LogP contribution in [0.15, 0.2) is 29.3 Å². The summed E-state index contributed by atoms with van der Waals surface area (Å²) in [5, 5.41) is 3.11. The molecule has 0 heterocycles. The van der Waals surface area contributed by atoms with Crippen LogP contribution in [0.1, 0.15) is 39.2 Å². The third-order valence-corrected chi connectivity index (χ3v) is 2.79. The van der Waals surface area contributed by atoms with E-state index in [0.717, 1.165) is 37.3 Å². The smallest absolute Gasteiger partial charge is 0.188 e. The van der Waals surface area contributed by atoms with Gasteiger partial charge in [0, 0.05) is 6.54 Å². The normalized spacial score (nSPS) is 11.1. The van der Waals surface area contributed by atoms with Crippen molar-refractivity contribution < 1.29 is 4.74 Å². The number of hydrogen-bond donors (Lipinski definition) is 2. The number of benzene rings is 1. The van der Waals surface area contributed by atoms with Gasteiger partial charge in [-0.05, 0) is 30.0 Å². The van der Waals surface area contributed by atoms with Gasteiger partial charge in [-0.1, -0.05) is 39.3 Å². The van der Waals surface area contributed by atoms with Gasteiger partial charge >= 0.3 is 0 Å². The maximum Gasteiger partial charge on any atom is 0.188 e. The van der Waals surface area contributed by atoms with E-state index >= 15 is 0 Å². The lowest BCUT2D eigenvalue weighted by molar-refractivity contribution is 0.309. The molecule has 0 aliphatic rings. The minimum absolute atomic E-state index is 0. The van der Waals surface area contributed by atoms with Crippen molar-refractivity contribution >= 4 is 29.9 Å². The third-order valence-electron chi connectivity index (χ3n) is 2.79. The second-order valence-electron chi connectivity index (χ2n) is 5.33. The third kappa shape index (κ3) is 9.55. The maximum absolute atomic E-state index is 5.81. The number of aliphatic imine (C=N–C) groups is 1. The van der Waals surface area contributed by atoms with Crippen LogP contribution < -0.4 is 15.8 Å². The van der Waals surface area contributed by atoms with Crippen molar-refractivity contribution in [3.8, 4) is 5.75 Å². The van der Waals surface area contributed by atoms with E-state index in [1.165, 1.54) is 0 Å². The number of nitrogens with one attached hydrogen (secondary N) is 1. The van der Waals surface area contributed by atoms with Gasteiger partial charge in [-0.15, -0.1) is 24.0 Å². The molecule has 0 saturated carbocycles. The molecule has 120 valence electrons. The second-order valence-corrected chi connectivity index (χ2v) is 5.33. The first-order valence-corrected chi connectivity index (χ1v) is 7.37. The zero-order valence-corrected chi connectivity index (χ0v) is 15.6. The molecule has 0 bridgehead atoms. The van der Waals surface area contributed by atoms with E-state index in [-0.39, 0.29) is 24.0 Å². The molecule has 0 aromatic heterocycles. The average molecular weight is 405 g/mol. The Labute approximate surface area is 145 Å². The molecule has 5 heteroatoms. The second kappa shape index (κ2) is 11.7. The lowest BCUT2D eigenvalue weighted by Crippen LogP contribution is -2.34. The molecule has 0 atom stereocenters. The molecule has 0 spiro atoms. The number of ether oxygens (including phenoxy) is 1. The summed E-state index contributed by atoms with van der Waals surface area (Å²) in [4.78, 5) is 4.33. The molecular weight excluding hydrogens is 377 g/mol. The van der Waals surface area contributed by atoms with E-state index in [9.17, 15) is 0 Å². The van der Waals surface area contributed by atoms with Crippen LogP contribution in [-0.2, 0) is 6.54 Å². The summed E-state index contributed by atoms with van der Waals surface area (Å²) in [6.07, 6.45) is 2.22. The summed E-state index contributed by atoms with van der Waals surface area (Å²) < 4.78 is 5.68. The first kappa shape index (κ1) is 20.0. The molecule has 1 aromatic rings. The van der Waals surface area contributed by atoms with Crippen LogP contribution in [0.2, 0.25) is 0 Å². The average Bonchev–Trinajstić information content (AvgIpc) is 2.43. The van der Waals surface area contributed by atoms with E-state index in [4.69, 9.17) is 10.5 Å². The lowest BCUT2D eigenvalue weighted by Gasteiger charge is -2.09. The van der Waals surface area contributed by atoms with E-state index in [2.05, 4.69) is 31.1 Å². The van der Waals surface area contributed by atoms with Gasteiger partial charge in [-0.3, -0.25) is 0 Å². The van der Waals surface area contributed by atoms with Crippen LogP contribution in [0.4, 0.5) is 0 Å². The Morgan fingerprint density at radius 3 is 2.81 bits per heavy atom. The molecular formula is C16H28IN3O. The molecule has 0 unspecified atom stereocenters. The Morgan fingerprint density at radius 1 is 1.38 bits per heavy atom. The van der Waals surface area contributed by atoms with Crippen LogP contribution in [0.3, 0.4) is 0 Å². The first-order chi connectivity index (χ1) is 9.61. The van der Waals surface area contributed by atoms with Crippen LogP contribution in [-0.4, -0.2) is 19.1 Å². The minimum atomic E-state index is 0. The molecule has 0 aliphatic carbocycles. The number of nitrogens with zero attached hydrogens (tertiary/aromatic N) is 1. The SMILES string of the molecule is CCCCOc1cccc(CN=C(N)NCC(C)C)c1.I. The summed E-state index contributed by atoms with van der Waals surface area (Å²) in [7, 11) is 0. The number of guanidine groups is 1. The minimum Gasteiger partial charge on any atom is -0.494 e. The Kier molecular flexibility index (Phi) is 11.1. The highest BCUT2D eigenvalue weighted by Crippen LogP contribution is 2.14. The number of rotatable bonds is 8. The highest BCUT2D eigenvalue weighted by molar-refractivity contribution is 14.0. The monoisotopic (exact) mass is 405 g/mol. The first-order valence-electron chi connectivity index (χ1n) is 7.37. The van der Waals surface area contributed by atoms with Gasteiger partial charge in [-0.25, -0.2) is 4.99 Å². The zero-order valence-electron chi connectivity index (χ0n) is 13.3. The molecule has 4 nitrogen and oxygen atoms in total. The van der Waals surface area contributed by atoms with Crippen molar-refractivity contribution in [3.05, 3.63) is 29.8 Å². The molecule has 0 amide bonds. The summed E-state index contributed by atoms with van der Waals surface area (Å²) >= 11 is 0. The Hall–Kier alpha value is -0.980. The number of halogens is 1. The number of nitrogens with two attached hydrogens (primary N) is 1. The van der Waals surface area contributed by atoms with Crippen molar-refractivity contribution in [1.29, 1.82) is 0 Å². The highest BCUT2D eigenvalue weighted by atomic mass is 127. The Morgan fingerprint density at radius 2 is 2.14 bits per heavy atom. The van der Waals surface area contributed by atoms with Crippen LogP contribution >= 0.6 is 24.0 Å². The molecule has 0 aliphatic heterocycles. The number of unbranched alkanes of at least 4 members (excludes halogenated alkanes) is 1. The van der Waals surface area contributed by atoms with Gasteiger partial charge in [0.15, 0.2) is 5.96 Å². The molecule has 3 N–H and O–H groups in total.